The fourth-order valence-electron chi connectivity index (χ4n) is 2.18. The second-order valence-corrected chi connectivity index (χ2v) is 4.43. The minimum absolute atomic E-state index is 0.638. The zero-order valence-electron chi connectivity index (χ0n) is 8.83. The first-order chi connectivity index (χ1) is 6.56. The van der Waals surface area contributed by atoms with Gasteiger partial charge in [0.05, 0.1) is 11.5 Å². The molecule has 1 rings (SSSR count). The van der Waals surface area contributed by atoms with Gasteiger partial charge in [0.1, 0.15) is 0 Å². The van der Waals surface area contributed by atoms with Crippen molar-refractivity contribution < 1.29 is 15.0 Å². The summed E-state index contributed by atoms with van der Waals surface area (Å²) in [5, 5.41) is 19.1. The van der Waals surface area contributed by atoms with Gasteiger partial charge in [-0.15, -0.1) is 0 Å². The molecule has 1 atom stereocenters. The van der Waals surface area contributed by atoms with Crippen LogP contribution in [0.5, 0.6) is 0 Å². The lowest BCUT2D eigenvalue weighted by molar-refractivity contribution is -0.152. The number of hydrogen-bond acceptors (Lipinski definition) is 2. The summed E-state index contributed by atoms with van der Waals surface area (Å²) in [6, 6.07) is 0. The third-order valence-electron chi connectivity index (χ3n) is 3.40. The van der Waals surface area contributed by atoms with Gasteiger partial charge in [0, 0.05) is 0 Å². The Bertz CT molecular complexity index is 193. The first kappa shape index (κ1) is 11.5. The summed E-state index contributed by atoms with van der Waals surface area (Å²) in [6.45, 7) is 1.62. The minimum Gasteiger partial charge on any atom is -0.481 e. The van der Waals surface area contributed by atoms with Crippen molar-refractivity contribution in [1.29, 1.82) is 0 Å². The molecule has 2 N–H and O–H groups in total. The molecule has 82 valence electrons. The van der Waals surface area contributed by atoms with Gasteiger partial charge in [-0.3, -0.25) is 4.79 Å². The molecule has 3 heteroatoms. The van der Waals surface area contributed by atoms with E-state index in [0.717, 1.165) is 25.7 Å². The Morgan fingerprint density at radius 3 is 2.00 bits per heavy atom. The monoisotopic (exact) mass is 200 g/mol. The van der Waals surface area contributed by atoms with Crippen LogP contribution in [0, 0.1) is 5.92 Å². The van der Waals surface area contributed by atoms with Crippen molar-refractivity contribution in [2.75, 3.05) is 0 Å². The summed E-state index contributed by atoms with van der Waals surface area (Å²) >= 11 is 0. The molecule has 0 aromatic rings. The summed E-state index contributed by atoms with van der Waals surface area (Å²) in [5.74, 6) is -1.52. The predicted octanol–water partition coefficient (Wildman–Crippen LogP) is 2.18. The highest BCUT2D eigenvalue weighted by Crippen LogP contribution is 2.32. The molecule has 1 fully saturated rings. The van der Waals surface area contributed by atoms with Crippen LogP contribution in [-0.4, -0.2) is 21.8 Å². The highest BCUT2D eigenvalue weighted by Gasteiger charge is 2.37. The number of rotatable bonds is 2. The number of carboxylic acid groups (broad SMARTS) is 1. The Balaban J connectivity index is 2.62. The lowest BCUT2D eigenvalue weighted by atomic mass is 9.78. The van der Waals surface area contributed by atoms with Crippen molar-refractivity contribution in [2.24, 2.45) is 5.92 Å². The molecule has 0 aliphatic heterocycles. The Kier molecular flexibility index (Phi) is 3.93. The summed E-state index contributed by atoms with van der Waals surface area (Å²) in [5.41, 5.74) is -0.966. The van der Waals surface area contributed by atoms with Gasteiger partial charge in [0.15, 0.2) is 0 Å². The van der Waals surface area contributed by atoms with Crippen LogP contribution in [0.25, 0.3) is 0 Å². The molecule has 0 aromatic carbocycles. The van der Waals surface area contributed by atoms with Gasteiger partial charge in [0.25, 0.3) is 0 Å². The quantitative estimate of drug-likeness (QED) is 0.718. The zero-order valence-corrected chi connectivity index (χ0v) is 8.83. The predicted molar refractivity (Wildman–Crippen MR) is 54.1 cm³/mol. The van der Waals surface area contributed by atoms with Crippen LogP contribution in [0.2, 0.25) is 0 Å². The van der Waals surface area contributed by atoms with Crippen LogP contribution >= 0.6 is 0 Å². The highest BCUT2D eigenvalue weighted by atomic mass is 16.4. The van der Waals surface area contributed by atoms with E-state index in [1.54, 1.807) is 6.92 Å². The van der Waals surface area contributed by atoms with E-state index in [0.29, 0.717) is 12.8 Å². The van der Waals surface area contributed by atoms with Crippen LogP contribution < -0.4 is 0 Å². The molecule has 0 spiro atoms. The molecule has 1 unspecified atom stereocenters. The second-order valence-electron chi connectivity index (χ2n) is 4.43. The third kappa shape index (κ3) is 2.71. The molecule has 1 aliphatic rings. The summed E-state index contributed by atoms with van der Waals surface area (Å²) in [6.07, 6.45) is 6.64. The van der Waals surface area contributed by atoms with E-state index in [4.69, 9.17) is 5.11 Å². The number of aliphatic hydroxyl groups is 1. The molecule has 0 bridgehead atoms. The van der Waals surface area contributed by atoms with E-state index in [2.05, 4.69) is 0 Å². The van der Waals surface area contributed by atoms with E-state index in [1.807, 2.05) is 0 Å². The van der Waals surface area contributed by atoms with Gasteiger partial charge in [-0.1, -0.05) is 32.1 Å². The standard InChI is InChI=1S/C11H20O3/c1-9(10(12)13)11(14)7-5-3-2-4-6-8-11/h9,14H,2-8H2,1H3,(H,12,13). The van der Waals surface area contributed by atoms with Gasteiger partial charge < -0.3 is 10.2 Å². The summed E-state index contributed by atoms with van der Waals surface area (Å²) in [4.78, 5) is 10.8. The van der Waals surface area contributed by atoms with Crippen molar-refractivity contribution in [3.63, 3.8) is 0 Å². The van der Waals surface area contributed by atoms with E-state index in [-0.39, 0.29) is 0 Å². The Hall–Kier alpha value is -0.570. The van der Waals surface area contributed by atoms with Gasteiger partial charge in [0.2, 0.25) is 0 Å². The van der Waals surface area contributed by atoms with Crippen molar-refractivity contribution in [1.82, 2.24) is 0 Å². The van der Waals surface area contributed by atoms with Crippen LogP contribution in [0.3, 0.4) is 0 Å². The maximum absolute atomic E-state index is 10.8. The lowest BCUT2D eigenvalue weighted by Gasteiger charge is -2.33. The first-order valence-corrected chi connectivity index (χ1v) is 5.51. The van der Waals surface area contributed by atoms with Crippen molar-refractivity contribution in [3.8, 4) is 0 Å². The Morgan fingerprint density at radius 1 is 1.14 bits per heavy atom. The van der Waals surface area contributed by atoms with Crippen LogP contribution in [0.1, 0.15) is 51.9 Å². The highest BCUT2D eigenvalue weighted by molar-refractivity contribution is 5.71. The molecule has 3 nitrogen and oxygen atoms in total. The maximum atomic E-state index is 10.8. The molecule has 0 amide bonds. The number of aliphatic carboxylic acids is 1. The fraction of sp³-hybridized carbons (Fsp3) is 0.909. The van der Waals surface area contributed by atoms with Crippen molar-refractivity contribution >= 4 is 5.97 Å². The van der Waals surface area contributed by atoms with Crippen molar-refractivity contribution in [3.05, 3.63) is 0 Å². The van der Waals surface area contributed by atoms with Crippen LogP contribution in [-0.2, 0) is 4.79 Å². The summed E-state index contributed by atoms with van der Waals surface area (Å²) in [7, 11) is 0. The smallest absolute Gasteiger partial charge is 0.309 e. The second kappa shape index (κ2) is 4.78. The molecule has 0 heterocycles. The zero-order chi connectivity index (χ0) is 10.6. The van der Waals surface area contributed by atoms with Gasteiger partial charge >= 0.3 is 5.97 Å². The molecule has 0 radical (unpaired) electrons. The lowest BCUT2D eigenvalue weighted by Crippen LogP contribution is -2.41. The first-order valence-electron chi connectivity index (χ1n) is 5.51. The number of hydrogen-bond donors (Lipinski definition) is 2. The SMILES string of the molecule is CC(C(=O)O)C1(O)CCCCCCC1. The van der Waals surface area contributed by atoms with E-state index in [9.17, 15) is 9.90 Å². The maximum Gasteiger partial charge on any atom is 0.309 e. The van der Waals surface area contributed by atoms with Crippen LogP contribution in [0.4, 0.5) is 0 Å². The fourth-order valence-corrected chi connectivity index (χ4v) is 2.18. The minimum atomic E-state index is -0.966. The van der Waals surface area contributed by atoms with Crippen molar-refractivity contribution in [2.45, 2.75) is 57.5 Å². The van der Waals surface area contributed by atoms with E-state index in [1.165, 1.54) is 6.42 Å². The topological polar surface area (TPSA) is 57.5 Å². The van der Waals surface area contributed by atoms with Gasteiger partial charge in [-0.05, 0) is 19.8 Å². The van der Waals surface area contributed by atoms with Crippen LogP contribution in [0.15, 0.2) is 0 Å². The van der Waals surface area contributed by atoms with Gasteiger partial charge in [-0.2, -0.15) is 0 Å². The Labute approximate surface area is 85.1 Å². The molecule has 1 aliphatic carbocycles. The number of carboxylic acids is 1. The summed E-state index contributed by atoms with van der Waals surface area (Å²) < 4.78 is 0. The normalized spacial score (nSPS) is 24.7. The molecule has 14 heavy (non-hydrogen) atoms. The molecular weight excluding hydrogens is 180 g/mol. The molecule has 1 saturated carbocycles. The third-order valence-corrected chi connectivity index (χ3v) is 3.40. The Morgan fingerprint density at radius 2 is 1.57 bits per heavy atom. The molecule has 0 aromatic heterocycles. The van der Waals surface area contributed by atoms with E-state index < -0.39 is 17.5 Å². The average Bonchev–Trinajstić information content (AvgIpc) is 2.10. The van der Waals surface area contributed by atoms with E-state index >= 15 is 0 Å². The largest absolute Gasteiger partial charge is 0.481 e. The molecular formula is C11H20O3. The average molecular weight is 200 g/mol. The van der Waals surface area contributed by atoms with Gasteiger partial charge in [-0.25, -0.2) is 0 Å². The number of carbonyl (C=O) groups is 1. The molecule has 0 saturated heterocycles.